The molecule has 0 aliphatic carbocycles. The third-order valence-corrected chi connectivity index (χ3v) is 3.74. The summed E-state index contributed by atoms with van der Waals surface area (Å²) in [6, 6.07) is 15.2. The lowest BCUT2D eigenvalue weighted by molar-refractivity contribution is -0.120. The fraction of sp³-hybridized carbons (Fsp3) is 0.211. The second kappa shape index (κ2) is 7.61. The molecule has 0 aliphatic heterocycles. The SMILES string of the molecule is COc1ccc(CC(=O)NCc2nc(-c3ccc(C)cc3)no2)cc1. The second-order valence-electron chi connectivity index (χ2n) is 5.68. The molecule has 0 unspecified atom stereocenters. The van der Waals surface area contributed by atoms with Crippen LogP contribution in [0.2, 0.25) is 0 Å². The van der Waals surface area contributed by atoms with Gasteiger partial charge < -0.3 is 14.6 Å². The molecular weight excluding hydrogens is 318 g/mol. The van der Waals surface area contributed by atoms with Gasteiger partial charge in [0.05, 0.1) is 20.1 Å². The number of nitrogens with zero attached hydrogens (tertiary/aromatic N) is 2. The van der Waals surface area contributed by atoms with Crippen molar-refractivity contribution in [1.82, 2.24) is 15.5 Å². The minimum Gasteiger partial charge on any atom is -0.497 e. The average molecular weight is 337 g/mol. The van der Waals surface area contributed by atoms with E-state index in [9.17, 15) is 4.79 Å². The number of amides is 1. The van der Waals surface area contributed by atoms with Crippen molar-refractivity contribution in [2.75, 3.05) is 7.11 Å². The van der Waals surface area contributed by atoms with E-state index >= 15 is 0 Å². The van der Waals surface area contributed by atoms with Crippen LogP contribution in [0.25, 0.3) is 11.4 Å². The van der Waals surface area contributed by atoms with Crippen LogP contribution < -0.4 is 10.1 Å². The number of aryl methyl sites for hydroxylation is 1. The molecule has 0 atom stereocenters. The smallest absolute Gasteiger partial charge is 0.246 e. The van der Waals surface area contributed by atoms with Crippen molar-refractivity contribution < 1.29 is 14.1 Å². The van der Waals surface area contributed by atoms with Gasteiger partial charge in [-0.1, -0.05) is 47.1 Å². The molecule has 0 bridgehead atoms. The summed E-state index contributed by atoms with van der Waals surface area (Å²) in [6.45, 7) is 2.22. The normalized spacial score (nSPS) is 10.5. The van der Waals surface area contributed by atoms with E-state index in [1.807, 2.05) is 55.5 Å². The molecule has 0 fully saturated rings. The molecule has 1 heterocycles. The average Bonchev–Trinajstić information content (AvgIpc) is 3.10. The number of nitrogens with one attached hydrogen (secondary N) is 1. The quantitative estimate of drug-likeness (QED) is 0.748. The summed E-state index contributed by atoms with van der Waals surface area (Å²) in [5.41, 5.74) is 2.95. The molecule has 0 radical (unpaired) electrons. The summed E-state index contributed by atoms with van der Waals surface area (Å²) < 4.78 is 10.3. The molecule has 1 aromatic heterocycles. The number of carbonyl (C=O) groups excluding carboxylic acids is 1. The fourth-order valence-electron chi connectivity index (χ4n) is 2.31. The first kappa shape index (κ1) is 16.7. The van der Waals surface area contributed by atoms with E-state index in [2.05, 4.69) is 15.5 Å². The molecule has 3 rings (SSSR count). The Bertz CT molecular complexity index is 839. The second-order valence-corrected chi connectivity index (χ2v) is 5.68. The van der Waals surface area contributed by atoms with Gasteiger partial charge in [-0.2, -0.15) is 4.98 Å². The summed E-state index contributed by atoms with van der Waals surface area (Å²) >= 11 is 0. The van der Waals surface area contributed by atoms with Gasteiger partial charge in [-0.3, -0.25) is 4.79 Å². The Morgan fingerprint density at radius 1 is 1.12 bits per heavy atom. The van der Waals surface area contributed by atoms with Gasteiger partial charge in [0.1, 0.15) is 5.75 Å². The van der Waals surface area contributed by atoms with E-state index in [4.69, 9.17) is 9.26 Å². The fourth-order valence-corrected chi connectivity index (χ4v) is 2.31. The van der Waals surface area contributed by atoms with Crippen LogP contribution in [0, 0.1) is 6.92 Å². The molecule has 1 amide bonds. The highest BCUT2D eigenvalue weighted by molar-refractivity contribution is 5.78. The van der Waals surface area contributed by atoms with Crippen molar-refractivity contribution in [3.05, 3.63) is 65.5 Å². The lowest BCUT2D eigenvalue weighted by Crippen LogP contribution is -2.24. The van der Waals surface area contributed by atoms with Crippen molar-refractivity contribution in [2.24, 2.45) is 0 Å². The lowest BCUT2D eigenvalue weighted by atomic mass is 10.1. The van der Waals surface area contributed by atoms with Crippen LogP contribution in [-0.4, -0.2) is 23.2 Å². The van der Waals surface area contributed by atoms with Crippen molar-refractivity contribution in [3.63, 3.8) is 0 Å². The molecule has 128 valence electrons. The third kappa shape index (κ3) is 4.44. The van der Waals surface area contributed by atoms with Crippen LogP contribution in [0.4, 0.5) is 0 Å². The molecule has 6 heteroatoms. The van der Waals surface area contributed by atoms with Crippen molar-refractivity contribution in [2.45, 2.75) is 19.9 Å². The van der Waals surface area contributed by atoms with Gasteiger partial charge in [0.25, 0.3) is 0 Å². The van der Waals surface area contributed by atoms with Gasteiger partial charge in [0, 0.05) is 5.56 Å². The molecular formula is C19H19N3O3. The highest BCUT2D eigenvalue weighted by atomic mass is 16.5. The van der Waals surface area contributed by atoms with Crippen LogP contribution in [-0.2, 0) is 17.8 Å². The minimum atomic E-state index is -0.111. The summed E-state index contributed by atoms with van der Waals surface area (Å²) in [5, 5.41) is 6.73. The van der Waals surface area contributed by atoms with Crippen LogP contribution in [0.3, 0.4) is 0 Å². The highest BCUT2D eigenvalue weighted by Crippen LogP contribution is 2.16. The molecule has 1 N–H and O–H groups in total. The Morgan fingerprint density at radius 3 is 2.52 bits per heavy atom. The van der Waals surface area contributed by atoms with Gasteiger partial charge in [0.15, 0.2) is 0 Å². The molecule has 25 heavy (non-hydrogen) atoms. The maximum absolute atomic E-state index is 12.0. The molecule has 0 aliphatic rings. The zero-order valence-electron chi connectivity index (χ0n) is 14.2. The van der Waals surface area contributed by atoms with Gasteiger partial charge in [-0.05, 0) is 24.6 Å². The van der Waals surface area contributed by atoms with Gasteiger partial charge in [0.2, 0.25) is 17.6 Å². The Hall–Kier alpha value is -3.15. The predicted octanol–water partition coefficient (Wildman–Crippen LogP) is 2.91. The topological polar surface area (TPSA) is 77.2 Å². The first-order chi connectivity index (χ1) is 12.1. The number of hydrogen-bond acceptors (Lipinski definition) is 5. The van der Waals surface area contributed by atoms with Crippen LogP contribution in [0.5, 0.6) is 5.75 Å². The molecule has 2 aromatic carbocycles. The van der Waals surface area contributed by atoms with Crippen LogP contribution in [0.15, 0.2) is 53.1 Å². The van der Waals surface area contributed by atoms with Crippen molar-refractivity contribution >= 4 is 5.91 Å². The van der Waals surface area contributed by atoms with E-state index in [0.29, 0.717) is 11.7 Å². The summed E-state index contributed by atoms with van der Waals surface area (Å²) in [5.74, 6) is 1.54. The minimum absolute atomic E-state index is 0.111. The first-order valence-corrected chi connectivity index (χ1v) is 7.93. The lowest BCUT2D eigenvalue weighted by Gasteiger charge is -2.04. The molecule has 3 aromatic rings. The number of hydrogen-bond donors (Lipinski definition) is 1. The Balaban J connectivity index is 1.54. The summed E-state index contributed by atoms with van der Waals surface area (Å²) in [4.78, 5) is 16.3. The molecule has 0 saturated heterocycles. The highest BCUT2D eigenvalue weighted by Gasteiger charge is 2.10. The van der Waals surface area contributed by atoms with E-state index < -0.39 is 0 Å². The number of methoxy groups -OCH3 is 1. The Morgan fingerprint density at radius 2 is 1.84 bits per heavy atom. The predicted molar refractivity (Wildman–Crippen MR) is 93.0 cm³/mol. The zero-order chi connectivity index (χ0) is 17.6. The summed E-state index contributed by atoms with van der Waals surface area (Å²) in [6.07, 6.45) is 0.281. The maximum atomic E-state index is 12.0. The standard InChI is InChI=1S/C19H19N3O3/c1-13-3-7-15(8-4-13)19-21-18(25-22-19)12-20-17(23)11-14-5-9-16(24-2)10-6-14/h3-10H,11-12H2,1-2H3,(H,20,23). The number of ether oxygens (including phenoxy) is 1. The van der Waals surface area contributed by atoms with Gasteiger partial charge in [-0.15, -0.1) is 0 Å². The summed E-state index contributed by atoms with van der Waals surface area (Å²) in [7, 11) is 1.61. The number of carbonyl (C=O) groups is 1. The maximum Gasteiger partial charge on any atom is 0.246 e. The van der Waals surface area contributed by atoms with Crippen LogP contribution >= 0.6 is 0 Å². The van der Waals surface area contributed by atoms with Crippen molar-refractivity contribution in [3.8, 4) is 17.1 Å². The number of aromatic nitrogens is 2. The Labute approximate surface area is 145 Å². The monoisotopic (exact) mass is 337 g/mol. The van der Waals surface area contributed by atoms with E-state index in [1.165, 1.54) is 5.56 Å². The molecule has 0 spiro atoms. The molecule has 6 nitrogen and oxygen atoms in total. The third-order valence-electron chi connectivity index (χ3n) is 3.74. The van der Waals surface area contributed by atoms with E-state index in [-0.39, 0.29) is 18.9 Å². The largest absolute Gasteiger partial charge is 0.497 e. The zero-order valence-corrected chi connectivity index (χ0v) is 14.2. The van der Waals surface area contributed by atoms with Crippen LogP contribution in [0.1, 0.15) is 17.0 Å². The van der Waals surface area contributed by atoms with Crippen molar-refractivity contribution in [1.29, 1.82) is 0 Å². The van der Waals surface area contributed by atoms with Gasteiger partial charge >= 0.3 is 0 Å². The first-order valence-electron chi connectivity index (χ1n) is 7.93. The molecule has 0 saturated carbocycles. The van der Waals surface area contributed by atoms with E-state index in [1.54, 1.807) is 7.11 Å². The number of benzene rings is 2. The van der Waals surface area contributed by atoms with E-state index in [0.717, 1.165) is 16.9 Å². The number of rotatable bonds is 6. The van der Waals surface area contributed by atoms with Gasteiger partial charge in [-0.25, -0.2) is 0 Å². The Kier molecular flexibility index (Phi) is 5.09.